The van der Waals surface area contributed by atoms with Gasteiger partial charge in [-0.3, -0.25) is 0 Å². The van der Waals surface area contributed by atoms with Gasteiger partial charge in [0.1, 0.15) is 11.6 Å². The van der Waals surface area contributed by atoms with Crippen molar-refractivity contribution in [3.63, 3.8) is 0 Å². The number of nitrogens with one attached hydrogen (secondary N) is 1. The topological polar surface area (TPSA) is 21.3 Å². The van der Waals surface area contributed by atoms with Gasteiger partial charge in [-0.25, -0.2) is 4.39 Å². The van der Waals surface area contributed by atoms with Crippen molar-refractivity contribution in [1.82, 2.24) is 5.32 Å². The highest BCUT2D eigenvalue weighted by molar-refractivity contribution is 5.61. The molecule has 0 bridgehead atoms. The predicted octanol–water partition coefficient (Wildman–Crippen LogP) is 3.33. The summed E-state index contributed by atoms with van der Waals surface area (Å²) in [6, 6.07) is 5.27. The number of hydrogen-bond acceptors (Lipinski definition) is 2. The van der Waals surface area contributed by atoms with Gasteiger partial charge in [-0.15, -0.1) is 0 Å². The van der Waals surface area contributed by atoms with Crippen molar-refractivity contribution in [3.8, 4) is 0 Å². The molecule has 2 nitrogen and oxygen atoms in total. The highest BCUT2D eigenvalue weighted by Crippen LogP contribution is 2.21. The van der Waals surface area contributed by atoms with Crippen molar-refractivity contribution in [2.75, 3.05) is 6.61 Å². The van der Waals surface area contributed by atoms with Crippen LogP contribution in [-0.4, -0.2) is 12.6 Å². The van der Waals surface area contributed by atoms with Crippen molar-refractivity contribution in [2.24, 2.45) is 0 Å². The molecule has 94 valence electrons. The molecule has 0 aliphatic carbocycles. The minimum absolute atomic E-state index is 0.225. The second kappa shape index (κ2) is 6.40. The second-order valence-corrected chi connectivity index (χ2v) is 4.16. The molecule has 1 rings (SSSR count). The molecular weight excluding hydrogens is 217 g/mol. The molecule has 0 radical (unpaired) electrons. The smallest absolute Gasteiger partial charge is 0.128 e. The molecule has 0 saturated heterocycles. The normalized spacial score (nSPS) is 10.6. The van der Waals surface area contributed by atoms with Crippen LogP contribution in [0.1, 0.15) is 31.9 Å². The van der Waals surface area contributed by atoms with Crippen LogP contribution in [0.25, 0.3) is 5.76 Å². The number of benzene rings is 1. The molecule has 1 aromatic carbocycles. The molecule has 0 amide bonds. The van der Waals surface area contributed by atoms with Crippen LogP contribution in [0.5, 0.6) is 0 Å². The van der Waals surface area contributed by atoms with E-state index >= 15 is 0 Å². The van der Waals surface area contributed by atoms with Crippen LogP contribution >= 0.6 is 0 Å². The predicted molar refractivity (Wildman–Crippen MR) is 69.0 cm³/mol. The summed E-state index contributed by atoms with van der Waals surface area (Å²) < 4.78 is 19.1. The van der Waals surface area contributed by atoms with Crippen LogP contribution < -0.4 is 5.32 Å². The lowest BCUT2D eigenvalue weighted by atomic mass is 10.1. The van der Waals surface area contributed by atoms with Crippen LogP contribution in [0.2, 0.25) is 0 Å². The largest absolute Gasteiger partial charge is 0.494 e. The molecule has 3 heteroatoms. The zero-order valence-electron chi connectivity index (χ0n) is 10.7. The van der Waals surface area contributed by atoms with Crippen molar-refractivity contribution in [2.45, 2.75) is 33.4 Å². The van der Waals surface area contributed by atoms with Crippen LogP contribution in [-0.2, 0) is 11.3 Å². The van der Waals surface area contributed by atoms with E-state index in [1.165, 1.54) is 6.07 Å². The van der Waals surface area contributed by atoms with E-state index in [0.717, 1.165) is 5.56 Å². The minimum atomic E-state index is -0.225. The molecule has 17 heavy (non-hydrogen) atoms. The van der Waals surface area contributed by atoms with Gasteiger partial charge in [-0.1, -0.05) is 32.6 Å². The van der Waals surface area contributed by atoms with Gasteiger partial charge < -0.3 is 10.1 Å². The molecule has 0 unspecified atom stereocenters. The summed E-state index contributed by atoms with van der Waals surface area (Å²) in [5.41, 5.74) is 1.35. The number of hydrogen-bond donors (Lipinski definition) is 1. The molecule has 0 aromatic heterocycles. The van der Waals surface area contributed by atoms with Gasteiger partial charge in [0.2, 0.25) is 0 Å². The van der Waals surface area contributed by atoms with Gasteiger partial charge >= 0.3 is 0 Å². The van der Waals surface area contributed by atoms with Gasteiger partial charge in [0, 0.05) is 23.7 Å². The summed E-state index contributed by atoms with van der Waals surface area (Å²) in [6.07, 6.45) is 0. The Balaban J connectivity index is 2.95. The fraction of sp³-hybridized carbons (Fsp3) is 0.429. The molecule has 0 aliphatic heterocycles. The van der Waals surface area contributed by atoms with E-state index < -0.39 is 0 Å². The third-order valence-electron chi connectivity index (χ3n) is 2.42. The molecule has 0 spiro atoms. The highest BCUT2D eigenvalue weighted by atomic mass is 19.1. The Bertz CT molecular complexity index is 388. The summed E-state index contributed by atoms with van der Waals surface area (Å²) in [6.45, 7) is 10.8. The molecule has 1 N–H and O–H groups in total. The van der Waals surface area contributed by atoms with Crippen molar-refractivity contribution in [3.05, 3.63) is 41.7 Å². The van der Waals surface area contributed by atoms with Crippen molar-refractivity contribution in [1.29, 1.82) is 0 Å². The Morgan fingerprint density at radius 3 is 2.76 bits per heavy atom. The zero-order chi connectivity index (χ0) is 12.8. The maximum Gasteiger partial charge on any atom is 0.128 e. The first-order chi connectivity index (χ1) is 8.06. The van der Waals surface area contributed by atoms with E-state index in [1.54, 1.807) is 6.07 Å². The monoisotopic (exact) mass is 237 g/mol. The van der Waals surface area contributed by atoms with E-state index in [4.69, 9.17) is 4.74 Å². The highest BCUT2D eigenvalue weighted by Gasteiger charge is 2.11. The fourth-order valence-electron chi connectivity index (χ4n) is 1.56. The Labute approximate surface area is 102 Å². The molecule has 0 aliphatic rings. The second-order valence-electron chi connectivity index (χ2n) is 4.16. The third-order valence-corrected chi connectivity index (χ3v) is 2.42. The maximum absolute atomic E-state index is 13.8. The summed E-state index contributed by atoms with van der Waals surface area (Å²) in [7, 11) is 0. The van der Waals surface area contributed by atoms with Crippen LogP contribution in [0.4, 0.5) is 4.39 Å². The molecule has 0 fully saturated rings. The zero-order valence-corrected chi connectivity index (χ0v) is 10.7. The van der Waals surface area contributed by atoms with Gasteiger partial charge in [-0.05, 0) is 13.0 Å². The number of halogens is 1. The van der Waals surface area contributed by atoms with E-state index in [2.05, 4.69) is 11.9 Å². The fourth-order valence-corrected chi connectivity index (χ4v) is 1.56. The number of rotatable bonds is 6. The summed E-state index contributed by atoms with van der Waals surface area (Å²) >= 11 is 0. The average molecular weight is 237 g/mol. The van der Waals surface area contributed by atoms with Crippen LogP contribution in [0.3, 0.4) is 0 Å². The van der Waals surface area contributed by atoms with Crippen LogP contribution in [0.15, 0.2) is 24.8 Å². The lowest BCUT2D eigenvalue weighted by molar-refractivity contribution is 0.298. The Hall–Kier alpha value is -1.35. The van der Waals surface area contributed by atoms with Gasteiger partial charge in [0.15, 0.2) is 0 Å². The average Bonchev–Trinajstić information content (AvgIpc) is 2.27. The van der Waals surface area contributed by atoms with Crippen molar-refractivity contribution >= 4 is 5.76 Å². The van der Waals surface area contributed by atoms with Gasteiger partial charge in [0.05, 0.1) is 6.61 Å². The lowest BCUT2D eigenvalue weighted by Crippen LogP contribution is -2.23. The summed E-state index contributed by atoms with van der Waals surface area (Å²) in [4.78, 5) is 0. The quantitative estimate of drug-likeness (QED) is 0.766. The first kappa shape index (κ1) is 13.7. The molecule has 1 aromatic rings. The first-order valence-electron chi connectivity index (χ1n) is 5.89. The Kier molecular flexibility index (Phi) is 5.16. The SMILES string of the molecule is C=C(OCC)c1cccc(F)c1CNC(C)C. The minimum Gasteiger partial charge on any atom is -0.494 e. The van der Waals surface area contributed by atoms with Gasteiger partial charge in [0.25, 0.3) is 0 Å². The molecule has 0 atom stereocenters. The van der Waals surface area contributed by atoms with E-state index in [9.17, 15) is 4.39 Å². The molecular formula is C14H20FNO. The number of ether oxygens (including phenoxy) is 1. The van der Waals surface area contributed by atoms with E-state index in [1.807, 2.05) is 26.8 Å². The van der Waals surface area contributed by atoms with E-state index in [-0.39, 0.29) is 5.82 Å². The van der Waals surface area contributed by atoms with Gasteiger partial charge in [-0.2, -0.15) is 0 Å². The molecule has 0 heterocycles. The summed E-state index contributed by atoms with van der Waals surface area (Å²) in [5.74, 6) is 0.295. The lowest BCUT2D eigenvalue weighted by Gasteiger charge is -2.15. The third kappa shape index (κ3) is 3.86. The Morgan fingerprint density at radius 1 is 1.47 bits per heavy atom. The first-order valence-corrected chi connectivity index (χ1v) is 5.89. The van der Waals surface area contributed by atoms with E-state index in [0.29, 0.717) is 30.5 Å². The summed E-state index contributed by atoms with van der Waals surface area (Å²) in [5, 5.41) is 3.20. The van der Waals surface area contributed by atoms with Crippen molar-refractivity contribution < 1.29 is 9.13 Å². The maximum atomic E-state index is 13.8. The standard InChI is InChI=1S/C14H20FNO/c1-5-17-11(4)12-7-6-8-14(15)13(12)9-16-10(2)3/h6-8,10,16H,4-5,9H2,1-3H3. The van der Waals surface area contributed by atoms with Crippen LogP contribution in [0, 0.1) is 5.82 Å². The molecule has 0 saturated carbocycles. The Morgan fingerprint density at radius 2 is 2.18 bits per heavy atom.